The standard InChI is InChI=1S/C33H32N4O9/c1-13-15-11-12-18(36-32(45)35-17-10-6-8-14-7-4-5-9-16(14)17)25(38)20(15)26(39)21-19(13)27(40)23-24(37(2)3)28(41)22(31(34)44)30(43)33(23,46)29(21)42/h4-13,19,23-24,27,38-40,43,46H,1-3H3,(H2,34,44)(H2,35,36,45)/t13-,19+,23+,24-,27-,33-/m0/s1. The van der Waals surface area contributed by atoms with Crippen molar-refractivity contribution in [2.24, 2.45) is 17.6 Å². The number of anilines is 2. The number of aromatic hydroxyl groups is 1. The van der Waals surface area contributed by atoms with Gasteiger partial charge in [0.05, 0.1) is 35.0 Å². The first-order chi connectivity index (χ1) is 21.7. The summed E-state index contributed by atoms with van der Waals surface area (Å²) in [5.74, 6) is -10.00. The van der Waals surface area contributed by atoms with E-state index in [1.807, 2.05) is 30.3 Å². The Morgan fingerprint density at radius 1 is 0.935 bits per heavy atom. The Morgan fingerprint density at radius 3 is 2.26 bits per heavy atom. The molecule has 13 nitrogen and oxygen atoms in total. The second-order valence-corrected chi connectivity index (χ2v) is 12.1. The van der Waals surface area contributed by atoms with Crippen LogP contribution in [0.15, 0.2) is 71.5 Å². The van der Waals surface area contributed by atoms with Crippen LogP contribution in [0.5, 0.6) is 5.75 Å². The SMILES string of the molecule is C[C@H]1c2ccc(NC(=O)Nc3cccc4ccccc34)c(O)c2C(O)=C2C(=O)[C@]3(O)C(O)=C(C(N)=O)C(=O)[C@@H](N(C)C)[C@@H]3[C@@H](O)[C@@H]21. The molecule has 46 heavy (non-hydrogen) atoms. The molecule has 9 N–H and O–H groups in total. The van der Waals surface area contributed by atoms with Crippen molar-refractivity contribution in [1.82, 2.24) is 4.90 Å². The third-order valence-corrected chi connectivity index (χ3v) is 9.42. The number of urea groups is 1. The van der Waals surface area contributed by atoms with Crippen LogP contribution in [0.25, 0.3) is 16.5 Å². The molecule has 6 atom stereocenters. The van der Waals surface area contributed by atoms with Crippen LogP contribution in [0.2, 0.25) is 0 Å². The summed E-state index contributed by atoms with van der Waals surface area (Å²) < 4.78 is 0. The Kier molecular flexibility index (Phi) is 7.15. The van der Waals surface area contributed by atoms with Gasteiger partial charge < -0.3 is 41.9 Å². The summed E-state index contributed by atoms with van der Waals surface area (Å²) in [6.07, 6.45) is -1.71. The molecule has 0 saturated heterocycles. The van der Waals surface area contributed by atoms with E-state index in [1.165, 1.54) is 31.1 Å². The second-order valence-electron chi connectivity index (χ2n) is 12.1. The van der Waals surface area contributed by atoms with Crippen LogP contribution in [0.4, 0.5) is 16.2 Å². The quantitative estimate of drug-likeness (QED) is 0.155. The number of primary amides is 1. The van der Waals surface area contributed by atoms with E-state index >= 15 is 0 Å². The number of likely N-dealkylation sites (N-methyl/N-ethyl adjacent to an activating group) is 1. The number of phenolic OH excluding ortho intramolecular Hbond substituents is 1. The monoisotopic (exact) mass is 628 g/mol. The summed E-state index contributed by atoms with van der Waals surface area (Å²) in [5, 5.41) is 64.4. The zero-order valence-corrected chi connectivity index (χ0v) is 25.0. The van der Waals surface area contributed by atoms with Gasteiger partial charge in [-0.3, -0.25) is 19.3 Å². The number of phenols is 1. The maximum atomic E-state index is 14.1. The number of ketones is 2. The normalized spacial score (nSPS) is 27.3. The summed E-state index contributed by atoms with van der Waals surface area (Å²) in [4.78, 5) is 54.0. The van der Waals surface area contributed by atoms with Crippen molar-refractivity contribution in [1.29, 1.82) is 0 Å². The molecule has 3 aliphatic rings. The van der Waals surface area contributed by atoms with Gasteiger partial charge in [0.1, 0.15) is 22.8 Å². The number of Topliss-reactive ketones (excluding diaryl/α,β-unsaturated/α-hetero) is 2. The number of nitrogens with two attached hydrogens (primary N) is 1. The van der Waals surface area contributed by atoms with Gasteiger partial charge in [-0.1, -0.05) is 49.4 Å². The van der Waals surface area contributed by atoms with E-state index in [9.17, 15) is 44.7 Å². The highest BCUT2D eigenvalue weighted by Crippen LogP contribution is 2.56. The van der Waals surface area contributed by atoms with Crippen molar-refractivity contribution in [3.8, 4) is 5.75 Å². The lowest BCUT2D eigenvalue weighted by Gasteiger charge is -2.53. The average Bonchev–Trinajstić information content (AvgIpc) is 3.00. The van der Waals surface area contributed by atoms with Gasteiger partial charge in [0.2, 0.25) is 5.78 Å². The maximum Gasteiger partial charge on any atom is 0.323 e. The van der Waals surface area contributed by atoms with Gasteiger partial charge in [-0.15, -0.1) is 0 Å². The lowest BCUT2D eigenvalue weighted by Crippen LogP contribution is -2.70. The Bertz CT molecular complexity index is 1930. The number of hydrogen-bond acceptors (Lipinski definition) is 10. The molecule has 3 aromatic rings. The first-order valence-electron chi connectivity index (χ1n) is 14.5. The zero-order chi connectivity index (χ0) is 33.4. The largest absolute Gasteiger partial charge is 0.508 e. The minimum atomic E-state index is -3.02. The summed E-state index contributed by atoms with van der Waals surface area (Å²) in [6.45, 7) is 1.62. The number of nitrogens with zero attached hydrogens (tertiary/aromatic N) is 1. The molecule has 0 aliphatic heterocycles. The molecular formula is C33H32N4O9. The first kappa shape index (κ1) is 30.8. The molecule has 0 spiro atoms. The van der Waals surface area contributed by atoms with Crippen molar-refractivity contribution >= 4 is 51.4 Å². The molecule has 0 bridgehead atoms. The van der Waals surface area contributed by atoms with Crippen molar-refractivity contribution < 1.29 is 44.7 Å². The van der Waals surface area contributed by atoms with Gasteiger partial charge in [0.15, 0.2) is 11.4 Å². The van der Waals surface area contributed by atoms with Gasteiger partial charge in [0.25, 0.3) is 5.91 Å². The third-order valence-electron chi connectivity index (χ3n) is 9.42. The molecule has 0 aromatic heterocycles. The molecule has 1 fully saturated rings. The number of hydrogen-bond donors (Lipinski definition) is 8. The van der Waals surface area contributed by atoms with Crippen LogP contribution in [0.1, 0.15) is 24.0 Å². The third kappa shape index (κ3) is 4.20. The molecule has 3 amide bonds. The van der Waals surface area contributed by atoms with E-state index in [1.54, 1.807) is 19.1 Å². The van der Waals surface area contributed by atoms with Crippen LogP contribution in [0.3, 0.4) is 0 Å². The molecule has 0 unspecified atom stereocenters. The van der Waals surface area contributed by atoms with E-state index in [4.69, 9.17) is 5.73 Å². The number of fused-ring (bicyclic) bond motifs is 4. The fraction of sp³-hybridized carbons (Fsp3) is 0.273. The Balaban J connectivity index is 1.43. The van der Waals surface area contributed by atoms with Gasteiger partial charge in [-0.2, -0.15) is 0 Å². The highest BCUT2D eigenvalue weighted by molar-refractivity contribution is 6.24. The Morgan fingerprint density at radius 2 is 1.59 bits per heavy atom. The fourth-order valence-corrected chi connectivity index (χ4v) is 7.33. The number of nitrogens with one attached hydrogen (secondary N) is 2. The molecule has 1 saturated carbocycles. The van der Waals surface area contributed by atoms with E-state index in [0.717, 1.165) is 10.8 Å². The number of carbonyl (C=O) groups excluding carboxylic acids is 4. The lowest BCUT2D eigenvalue weighted by atomic mass is 9.54. The first-order valence-corrected chi connectivity index (χ1v) is 14.5. The Labute approximate surface area is 262 Å². The van der Waals surface area contributed by atoms with Crippen molar-refractivity contribution in [3.05, 3.63) is 82.6 Å². The molecule has 0 radical (unpaired) electrons. The van der Waals surface area contributed by atoms with Crippen LogP contribution >= 0.6 is 0 Å². The minimum absolute atomic E-state index is 0.121. The molecule has 0 heterocycles. The van der Waals surface area contributed by atoms with E-state index in [2.05, 4.69) is 10.6 Å². The van der Waals surface area contributed by atoms with Crippen LogP contribution < -0.4 is 16.4 Å². The molecule has 6 rings (SSSR count). The smallest absolute Gasteiger partial charge is 0.323 e. The van der Waals surface area contributed by atoms with Gasteiger partial charge in [0, 0.05) is 16.9 Å². The van der Waals surface area contributed by atoms with Gasteiger partial charge in [-0.25, -0.2) is 4.79 Å². The summed E-state index contributed by atoms with van der Waals surface area (Å²) in [5.41, 5.74) is 1.27. The molecule has 3 aliphatic carbocycles. The Hall–Kier alpha value is -5.24. The zero-order valence-electron chi connectivity index (χ0n) is 25.0. The van der Waals surface area contributed by atoms with Crippen LogP contribution in [0, 0.1) is 11.8 Å². The highest BCUT2D eigenvalue weighted by atomic mass is 16.4. The number of amides is 3. The summed E-state index contributed by atoms with van der Waals surface area (Å²) >= 11 is 0. The fourth-order valence-electron chi connectivity index (χ4n) is 7.33. The number of carbonyl (C=O) groups is 4. The lowest BCUT2D eigenvalue weighted by molar-refractivity contribution is -0.169. The minimum Gasteiger partial charge on any atom is -0.508 e. The van der Waals surface area contributed by atoms with Crippen LogP contribution in [-0.2, 0) is 14.4 Å². The summed E-state index contributed by atoms with van der Waals surface area (Å²) in [6, 6.07) is 13.5. The second kappa shape index (κ2) is 10.7. The summed E-state index contributed by atoms with van der Waals surface area (Å²) in [7, 11) is 2.87. The molecular weight excluding hydrogens is 596 g/mol. The predicted octanol–water partition coefficient (Wildman–Crippen LogP) is 2.29. The van der Waals surface area contributed by atoms with Gasteiger partial charge >= 0.3 is 6.03 Å². The van der Waals surface area contributed by atoms with Crippen LogP contribution in [-0.4, -0.2) is 85.8 Å². The van der Waals surface area contributed by atoms with E-state index in [-0.39, 0.29) is 11.3 Å². The molecule has 238 valence electrons. The maximum absolute atomic E-state index is 14.1. The van der Waals surface area contributed by atoms with E-state index in [0.29, 0.717) is 11.3 Å². The van der Waals surface area contributed by atoms with Crippen molar-refractivity contribution in [3.63, 3.8) is 0 Å². The predicted molar refractivity (Wildman–Crippen MR) is 167 cm³/mol. The molecule has 3 aromatic carbocycles. The van der Waals surface area contributed by atoms with E-state index < -0.39 is 87.4 Å². The van der Waals surface area contributed by atoms with Crippen molar-refractivity contribution in [2.45, 2.75) is 30.6 Å². The number of rotatable bonds is 4. The highest BCUT2D eigenvalue weighted by Gasteiger charge is 2.68. The number of aliphatic hydroxyl groups is 4. The average molecular weight is 629 g/mol. The van der Waals surface area contributed by atoms with Gasteiger partial charge in [-0.05, 0) is 43.1 Å². The molecule has 13 heteroatoms. The van der Waals surface area contributed by atoms with Crippen molar-refractivity contribution in [2.75, 3.05) is 24.7 Å². The number of benzene rings is 3. The number of aliphatic hydroxyl groups excluding tert-OH is 3. The topological polar surface area (TPSA) is 223 Å².